The number of rotatable bonds is 4. The molecule has 94 valence electrons. The minimum absolute atomic E-state index is 0.110. The van der Waals surface area contributed by atoms with E-state index in [0.717, 1.165) is 17.5 Å². The zero-order valence-corrected chi connectivity index (χ0v) is 10.7. The molecule has 0 radical (unpaired) electrons. The van der Waals surface area contributed by atoms with Crippen LogP contribution in [0.3, 0.4) is 0 Å². The van der Waals surface area contributed by atoms with Crippen LogP contribution in [-0.2, 0) is 6.42 Å². The lowest BCUT2D eigenvalue weighted by Gasteiger charge is -2.15. The Morgan fingerprint density at radius 1 is 1.11 bits per heavy atom. The first-order valence-electron chi connectivity index (χ1n) is 5.89. The molecule has 1 unspecified atom stereocenters. The second-order valence-corrected chi connectivity index (χ2v) is 4.76. The minimum Gasteiger partial charge on any atom is -0.330 e. The maximum Gasteiger partial charge on any atom is 0.123 e. The summed E-state index contributed by atoms with van der Waals surface area (Å²) in [6.45, 7) is 0.482. The van der Waals surface area contributed by atoms with Crippen LogP contribution in [0.15, 0.2) is 48.5 Å². The van der Waals surface area contributed by atoms with Crippen molar-refractivity contribution in [1.29, 1.82) is 0 Å². The van der Waals surface area contributed by atoms with Crippen molar-refractivity contribution >= 4 is 11.6 Å². The minimum atomic E-state index is -0.225. The highest BCUT2D eigenvalue weighted by Gasteiger charge is 2.11. The molecule has 0 fully saturated rings. The Labute approximate surface area is 111 Å². The third-order valence-electron chi connectivity index (χ3n) is 2.98. The van der Waals surface area contributed by atoms with Crippen molar-refractivity contribution in [3.8, 4) is 0 Å². The first-order valence-corrected chi connectivity index (χ1v) is 6.27. The molecule has 0 aromatic heterocycles. The van der Waals surface area contributed by atoms with Crippen molar-refractivity contribution in [1.82, 2.24) is 0 Å². The van der Waals surface area contributed by atoms with Crippen LogP contribution in [0.25, 0.3) is 0 Å². The Hall–Kier alpha value is -1.38. The number of nitrogens with two attached hydrogens (primary N) is 1. The van der Waals surface area contributed by atoms with Gasteiger partial charge in [-0.05, 0) is 48.4 Å². The quantitative estimate of drug-likeness (QED) is 0.893. The highest BCUT2D eigenvalue weighted by atomic mass is 35.5. The van der Waals surface area contributed by atoms with E-state index in [0.29, 0.717) is 11.6 Å². The van der Waals surface area contributed by atoms with Gasteiger partial charge in [-0.2, -0.15) is 0 Å². The molecule has 0 amide bonds. The van der Waals surface area contributed by atoms with Gasteiger partial charge in [-0.1, -0.05) is 35.9 Å². The molecule has 3 heteroatoms. The molecule has 0 saturated carbocycles. The first kappa shape index (κ1) is 13.1. The summed E-state index contributed by atoms with van der Waals surface area (Å²) in [6.07, 6.45) is 0.764. The Kier molecular flexibility index (Phi) is 4.34. The highest BCUT2D eigenvalue weighted by Crippen LogP contribution is 2.22. The SMILES string of the molecule is NCC(Cc1cccc(Cl)c1)c1cccc(F)c1. The fourth-order valence-electron chi connectivity index (χ4n) is 2.05. The predicted molar refractivity (Wildman–Crippen MR) is 73.4 cm³/mol. The fraction of sp³-hybridized carbons (Fsp3) is 0.200. The normalized spacial score (nSPS) is 12.4. The highest BCUT2D eigenvalue weighted by molar-refractivity contribution is 6.30. The monoisotopic (exact) mass is 263 g/mol. The summed E-state index contributed by atoms with van der Waals surface area (Å²) in [6, 6.07) is 14.3. The van der Waals surface area contributed by atoms with Crippen molar-refractivity contribution in [2.45, 2.75) is 12.3 Å². The molecule has 0 saturated heterocycles. The molecule has 0 spiro atoms. The summed E-state index contributed by atoms with van der Waals surface area (Å²) in [5.74, 6) is -0.115. The van der Waals surface area contributed by atoms with Crippen molar-refractivity contribution < 1.29 is 4.39 Å². The molecule has 18 heavy (non-hydrogen) atoms. The Morgan fingerprint density at radius 3 is 2.56 bits per heavy atom. The maximum atomic E-state index is 13.2. The number of halogens is 2. The van der Waals surface area contributed by atoms with Gasteiger partial charge in [0.05, 0.1) is 0 Å². The molecule has 2 N–H and O–H groups in total. The van der Waals surface area contributed by atoms with E-state index in [2.05, 4.69) is 0 Å². The topological polar surface area (TPSA) is 26.0 Å². The molecule has 0 aliphatic carbocycles. The van der Waals surface area contributed by atoms with Crippen molar-refractivity contribution in [2.24, 2.45) is 5.73 Å². The molecule has 1 nitrogen and oxygen atoms in total. The number of hydrogen-bond acceptors (Lipinski definition) is 1. The molecule has 0 aliphatic rings. The van der Waals surface area contributed by atoms with Crippen molar-refractivity contribution in [3.05, 3.63) is 70.5 Å². The average Bonchev–Trinajstić information content (AvgIpc) is 2.36. The zero-order chi connectivity index (χ0) is 13.0. The second-order valence-electron chi connectivity index (χ2n) is 4.32. The Bertz CT molecular complexity index is 527. The van der Waals surface area contributed by atoms with E-state index in [4.69, 9.17) is 17.3 Å². The van der Waals surface area contributed by atoms with E-state index in [-0.39, 0.29) is 11.7 Å². The van der Waals surface area contributed by atoms with Crippen LogP contribution < -0.4 is 5.73 Å². The molecule has 0 heterocycles. The van der Waals surface area contributed by atoms with Gasteiger partial charge in [0.1, 0.15) is 5.82 Å². The van der Waals surface area contributed by atoms with E-state index < -0.39 is 0 Å². The molecule has 2 aromatic rings. The van der Waals surface area contributed by atoms with E-state index in [9.17, 15) is 4.39 Å². The van der Waals surface area contributed by atoms with Gasteiger partial charge < -0.3 is 5.73 Å². The van der Waals surface area contributed by atoms with Gasteiger partial charge in [0.2, 0.25) is 0 Å². The van der Waals surface area contributed by atoms with Crippen LogP contribution in [0.1, 0.15) is 17.0 Å². The summed E-state index contributed by atoms with van der Waals surface area (Å²) < 4.78 is 13.2. The summed E-state index contributed by atoms with van der Waals surface area (Å²) in [5.41, 5.74) is 7.83. The standard InChI is InChI=1S/C15H15ClFN/c16-14-5-1-3-11(8-14)7-13(10-18)12-4-2-6-15(17)9-12/h1-6,8-9,13H,7,10,18H2. The van der Waals surface area contributed by atoms with Gasteiger partial charge in [-0.25, -0.2) is 4.39 Å². The molecular formula is C15H15ClFN. The third-order valence-corrected chi connectivity index (χ3v) is 3.21. The van der Waals surface area contributed by atoms with Crippen molar-refractivity contribution in [3.63, 3.8) is 0 Å². The molecule has 0 bridgehead atoms. The van der Waals surface area contributed by atoms with Crippen molar-refractivity contribution in [2.75, 3.05) is 6.54 Å². The Morgan fingerprint density at radius 2 is 1.89 bits per heavy atom. The van der Waals surface area contributed by atoms with Crippen LogP contribution in [0, 0.1) is 5.82 Å². The average molecular weight is 264 g/mol. The zero-order valence-electron chi connectivity index (χ0n) is 9.94. The van der Waals surface area contributed by atoms with Crippen LogP contribution in [0.2, 0.25) is 5.02 Å². The van der Waals surface area contributed by atoms with E-state index in [1.54, 1.807) is 12.1 Å². The van der Waals surface area contributed by atoms with Crippen LogP contribution >= 0.6 is 11.6 Å². The number of hydrogen-bond donors (Lipinski definition) is 1. The third kappa shape index (κ3) is 3.31. The van der Waals surface area contributed by atoms with E-state index in [1.807, 2.05) is 30.3 Å². The summed E-state index contributed by atoms with van der Waals surface area (Å²) in [5, 5.41) is 0.711. The predicted octanol–water partition coefficient (Wildman–Crippen LogP) is 3.76. The van der Waals surface area contributed by atoms with Crippen LogP contribution in [0.5, 0.6) is 0 Å². The molecule has 2 rings (SSSR count). The first-order chi connectivity index (χ1) is 8.69. The summed E-state index contributed by atoms with van der Waals surface area (Å²) in [7, 11) is 0. The molecular weight excluding hydrogens is 249 g/mol. The smallest absolute Gasteiger partial charge is 0.123 e. The van der Waals surface area contributed by atoms with Gasteiger partial charge >= 0.3 is 0 Å². The lowest BCUT2D eigenvalue weighted by molar-refractivity contribution is 0.616. The van der Waals surface area contributed by atoms with Crippen LogP contribution in [0.4, 0.5) is 4.39 Å². The van der Waals surface area contributed by atoms with Gasteiger partial charge in [-0.15, -0.1) is 0 Å². The second kappa shape index (κ2) is 5.98. The van der Waals surface area contributed by atoms with E-state index >= 15 is 0 Å². The Balaban J connectivity index is 2.19. The molecule has 1 atom stereocenters. The summed E-state index contributed by atoms with van der Waals surface area (Å²) >= 11 is 5.95. The van der Waals surface area contributed by atoms with Gasteiger partial charge in [0.25, 0.3) is 0 Å². The van der Waals surface area contributed by atoms with Gasteiger partial charge in [-0.3, -0.25) is 0 Å². The van der Waals surface area contributed by atoms with Gasteiger partial charge in [0, 0.05) is 10.9 Å². The molecule has 0 aliphatic heterocycles. The van der Waals surface area contributed by atoms with Gasteiger partial charge in [0.15, 0.2) is 0 Å². The van der Waals surface area contributed by atoms with Crippen LogP contribution in [-0.4, -0.2) is 6.54 Å². The lowest BCUT2D eigenvalue weighted by Crippen LogP contribution is -2.15. The fourth-order valence-corrected chi connectivity index (χ4v) is 2.26. The molecule has 2 aromatic carbocycles. The largest absolute Gasteiger partial charge is 0.330 e. The summed E-state index contributed by atoms with van der Waals surface area (Å²) in [4.78, 5) is 0. The number of benzene rings is 2. The lowest BCUT2D eigenvalue weighted by atomic mass is 9.92. The maximum absolute atomic E-state index is 13.2. The van der Waals surface area contributed by atoms with E-state index in [1.165, 1.54) is 6.07 Å².